The second kappa shape index (κ2) is 14.6. The number of anilines is 1. The molecule has 3 amide bonds. The number of esters is 2. The third-order valence-corrected chi connectivity index (χ3v) is 9.09. The van der Waals surface area contributed by atoms with Crippen LogP contribution in [0.15, 0.2) is 91.0 Å². The molecule has 1 aliphatic heterocycles. The van der Waals surface area contributed by atoms with Crippen molar-refractivity contribution in [3.8, 4) is 11.1 Å². The van der Waals surface area contributed by atoms with Crippen LogP contribution in [-0.2, 0) is 36.4 Å². The molecular formula is C41H43N3O7. The van der Waals surface area contributed by atoms with Gasteiger partial charge in [-0.1, -0.05) is 87.5 Å². The van der Waals surface area contributed by atoms with Crippen molar-refractivity contribution in [2.75, 3.05) is 39.7 Å². The molecule has 0 aromatic heterocycles. The molecule has 1 atom stereocenters. The number of rotatable bonds is 10. The second-order valence-corrected chi connectivity index (χ2v) is 13.7. The predicted octanol–water partition coefficient (Wildman–Crippen LogP) is 6.24. The van der Waals surface area contributed by atoms with E-state index < -0.39 is 30.0 Å². The molecule has 0 unspecified atom stereocenters. The number of benzene rings is 4. The number of hydrogen-bond donors (Lipinski definition) is 1. The number of amides is 3. The molecule has 0 fully saturated rings. The number of fused-ring (bicyclic) bond motifs is 1. The van der Waals surface area contributed by atoms with E-state index in [2.05, 4.69) is 38.2 Å². The van der Waals surface area contributed by atoms with E-state index in [4.69, 9.17) is 9.47 Å². The number of nitrogens with one attached hydrogen (secondary N) is 1. The normalized spacial score (nSPS) is 15.2. The molecule has 10 heteroatoms. The summed E-state index contributed by atoms with van der Waals surface area (Å²) < 4.78 is 11.0. The molecule has 0 bridgehead atoms. The minimum Gasteiger partial charge on any atom is -0.464 e. The Balaban J connectivity index is 1.38. The zero-order chi connectivity index (χ0) is 37.1. The fourth-order valence-electron chi connectivity index (χ4n) is 6.20. The maximum atomic E-state index is 13.7. The molecule has 4 aromatic rings. The Morgan fingerprint density at radius 3 is 2.12 bits per heavy atom. The lowest BCUT2D eigenvalue weighted by Gasteiger charge is -2.33. The molecule has 1 aliphatic rings. The van der Waals surface area contributed by atoms with Crippen molar-refractivity contribution >= 4 is 35.3 Å². The van der Waals surface area contributed by atoms with E-state index in [0.29, 0.717) is 22.3 Å². The molecule has 5 rings (SSSR count). The number of carbonyl (C=O) groups excluding carboxylic acids is 5. The number of ether oxygens (including phenoxy) is 2. The Kier molecular flexibility index (Phi) is 10.5. The van der Waals surface area contributed by atoms with Crippen LogP contribution >= 0.6 is 0 Å². The van der Waals surface area contributed by atoms with E-state index in [0.717, 1.165) is 11.1 Å². The Morgan fingerprint density at radius 1 is 0.824 bits per heavy atom. The first-order chi connectivity index (χ1) is 24.2. The van der Waals surface area contributed by atoms with Crippen LogP contribution in [0.4, 0.5) is 5.69 Å². The summed E-state index contributed by atoms with van der Waals surface area (Å²) in [6.45, 7) is 7.69. The zero-order valence-corrected chi connectivity index (χ0v) is 30.0. The third kappa shape index (κ3) is 7.26. The van der Waals surface area contributed by atoms with Gasteiger partial charge < -0.3 is 24.6 Å². The van der Waals surface area contributed by atoms with Gasteiger partial charge in [-0.05, 0) is 58.9 Å². The van der Waals surface area contributed by atoms with Gasteiger partial charge in [-0.3, -0.25) is 19.2 Å². The van der Waals surface area contributed by atoms with Crippen molar-refractivity contribution in [1.82, 2.24) is 9.80 Å². The highest BCUT2D eigenvalue weighted by molar-refractivity contribution is 6.12. The fraction of sp³-hybridized carbons (Fsp3) is 0.293. The quantitative estimate of drug-likeness (QED) is 0.196. The summed E-state index contributed by atoms with van der Waals surface area (Å²) >= 11 is 0. The molecule has 4 aromatic carbocycles. The van der Waals surface area contributed by atoms with Crippen LogP contribution in [0.2, 0.25) is 0 Å². The van der Waals surface area contributed by atoms with Crippen molar-refractivity contribution in [2.24, 2.45) is 0 Å². The molecule has 0 saturated carbocycles. The van der Waals surface area contributed by atoms with Crippen LogP contribution in [0.3, 0.4) is 0 Å². The number of likely N-dealkylation sites (N-methyl/N-ethyl adjacent to an activating group) is 1. The van der Waals surface area contributed by atoms with Gasteiger partial charge in [0.05, 0.1) is 24.3 Å². The van der Waals surface area contributed by atoms with E-state index in [1.54, 1.807) is 69.6 Å². The molecule has 264 valence electrons. The van der Waals surface area contributed by atoms with Crippen molar-refractivity contribution in [3.05, 3.63) is 124 Å². The van der Waals surface area contributed by atoms with Crippen LogP contribution < -0.4 is 5.32 Å². The van der Waals surface area contributed by atoms with Gasteiger partial charge in [0, 0.05) is 37.8 Å². The monoisotopic (exact) mass is 689 g/mol. The summed E-state index contributed by atoms with van der Waals surface area (Å²) in [4.78, 5) is 69.4. The molecule has 51 heavy (non-hydrogen) atoms. The largest absolute Gasteiger partial charge is 0.464 e. The average Bonchev–Trinajstić information content (AvgIpc) is 3.33. The zero-order valence-electron chi connectivity index (χ0n) is 30.0. The highest BCUT2D eigenvalue weighted by Crippen LogP contribution is 2.40. The summed E-state index contributed by atoms with van der Waals surface area (Å²) in [7, 11) is 4.66. The first-order valence-electron chi connectivity index (χ1n) is 16.8. The lowest BCUT2D eigenvalue weighted by molar-refractivity contribution is -0.163. The van der Waals surface area contributed by atoms with Crippen molar-refractivity contribution in [2.45, 2.75) is 45.1 Å². The molecule has 0 spiro atoms. The van der Waals surface area contributed by atoms with Gasteiger partial charge in [0.1, 0.15) is 6.61 Å². The topological polar surface area (TPSA) is 122 Å². The lowest BCUT2D eigenvalue weighted by Crippen LogP contribution is -2.52. The molecule has 0 saturated heterocycles. The van der Waals surface area contributed by atoms with Gasteiger partial charge in [-0.15, -0.1) is 0 Å². The van der Waals surface area contributed by atoms with Crippen molar-refractivity contribution < 1.29 is 33.4 Å². The van der Waals surface area contributed by atoms with Gasteiger partial charge in [0.25, 0.3) is 17.7 Å². The summed E-state index contributed by atoms with van der Waals surface area (Å²) in [5.41, 5.74) is 3.20. The minimum atomic E-state index is -1.65. The lowest BCUT2D eigenvalue weighted by atomic mass is 9.86. The second-order valence-electron chi connectivity index (χ2n) is 13.7. The molecule has 1 heterocycles. The molecule has 0 aliphatic carbocycles. The first kappa shape index (κ1) is 36.5. The van der Waals surface area contributed by atoms with Gasteiger partial charge in [-0.25, -0.2) is 4.79 Å². The van der Waals surface area contributed by atoms with Gasteiger partial charge in [0.15, 0.2) is 0 Å². The Labute approximate surface area is 298 Å². The Morgan fingerprint density at radius 2 is 1.47 bits per heavy atom. The van der Waals surface area contributed by atoms with Crippen molar-refractivity contribution in [3.63, 3.8) is 0 Å². The Bertz CT molecular complexity index is 2000. The fourth-order valence-corrected chi connectivity index (χ4v) is 6.20. The number of carbonyl (C=O) groups is 5. The molecule has 0 radical (unpaired) electrons. The molecular weight excluding hydrogens is 646 g/mol. The van der Waals surface area contributed by atoms with Crippen LogP contribution in [0.1, 0.15) is 75.5 Å². The maximum absolute atomic E-state index is 13.7. The van der Waals surface area contributed by atoms with Crippen molar-refractivity contribution in [1.29, 1.82) is 0 Å². The maximum Gasteiger partial charge on any atom is 0.340 e. The SMILES string of the molecule is CCOC(=O)[C@]1(COC(=O)Cc2ccc(NC(=O)c3ccccc3-c3ccc(C(C)(C)C)cc3)c(C(=O)N(C)C)c2)c2ccccc2C(=O)N1C. The highest BCUT2D eigenvalue weighted by Gasteiger charge is 2.55. The van der Waals surface area contributed by atoms with Crippen LogP contribution in [0, 0.1) is 0 Å². The van der Waals surface area contributed by atoms with E-state index in [-0.39, 0.29) is 41.5 Å². The standard InChI is InChI=1S/C41H43N3O7/c1-8-50-39(49)41(33-16-12-11-15-31(33)38(48)44(41)7)25-51-35(45)24-26-17-22-34(32(23-26)37(47)43(5)6)42-36(46)30-14-10-9-13-29(30)27-18-20-28(21-19-27)40(2,3)4/h9-23H,8,24-25H2,1-7H3,(H,42,46)/t41-/m0/s1. The minimum absolute atomic E-state index is 0.0160. The van der Waals surface area contributed by atoms with Crippen LogP contribution in [-0.4, -0.2) is 73.8 Å². The van der Waals surface area contributed by atoms with Gasteiger partial charge in [0.2, 0.25) is 5.54 Å². The summed E-state index contributed by atoms with van der Waals surface area (Å²) in [6.07, 6.45) is -0.243. The van der Waals surface area contributed by atoms with E-state index in [1.807, 2.05) is 24.3 Å². The molecule has 10 nitrogen and oxygen atoms in total. The molecule has 1 N–H and O–H groups in total. The van der Waals surface area contributed by atoms with Gasteiger partial charge >= 0.3 is 11.9 Å². The first-order valence-corrected chi connectivity index (χ1v) is 16.8. The summed E-state index contributed by atoms with van der Waals surface area (Å²) in [6, 6.07) is 26.8. The average molecular weight is 690 g/mol. The highest BCUT2D eigenvalue weighted by atomic mass is 16.6. The summed E-state index contributed by atoms with van der Waals surface area (Å²) in [5, 5.41) is 2.91. The van der Waals surface area contributed by atoms with Crippen LogP contribution in [0.5, 0.6) is 0 Å². The smallest absolute Gasteiger partial charge is 0.340 e. The number of hydrogen-bond acceptors (Lipinski definition) is 7. The van der Waals surface area contributed by atoms with E-state index in [9.17, 15) is 24.0 Å². The third-order valence-electron chi connectivity index (χ3n) is 9.09. The predicted molar refractivity (Wildman–Crippen MR) is 195 cm³/mol. The van der Waals surface area contributed by atoms with Gasteiger partial charge in [-0.2, -0.15) is 0 Å². The van der Waals surface area contributed by atoms with E-state index >= 15 is 0 Å². The Hall–Kier alpha value is -5.77. The summed E-state index contributed by atoms with van der Waals surface area (Å²) in [5.74, 6) is -2.56. The number of nitrogens with zero attached hydrogens (tertiary/aromatic N) is 2. The van der Waals surface area contributed by atoms with E-state index in [1.165, 1.54) is 28.5 Å². The van der Waals surface area contributed by atoms with Crippen LogP contribution in [0.25, 0.3) is 11.1 Å².